The fraction of sp³-hybridized carbons (Fsp3) is 0.543. The number of ether oxygens (including phenoxy) is 1. The van der Waals surface area contributed by atoms with Gasteiger partial charge in [0, 0.05) is 43.7 Å². The Morgan fingerprint density at radius 1 is 1.19 bits per heavy atom. The Morgan fingerprint density at radius 2 is 2.00 bits per heavy atom. The second-order valence-corrected chi connectivity index (χ2v) is 15.7. The molecule has 2 aromatic rings. The number of carbonyl (C=O) groups is 2. The molecule has 0 radical (unpaired) electrons. The predicted octanol–water partition coefficient (Wildman–Crippen LogP) is 3.17. The molecule has 48 heavy (non-hydrogen) atoms. The van der Waals surface area contributed by atoms with Gasteiger partial charge in [0.1, 0.15) is 5.75 Å². The molecule has 1 fully saturated rings. The van der Waals surface area contributed by atoms with Crippen molar-refractivity contribution in [3.05, 3.63) is 70.3 Å². The van der Waals surface area contributed by atoms with E-state index in [9.17, 15) is 28.2 Å². The summed E-state index contributed by atoms with van der Waals surface area (Å²) < 4.78 is 35.9. The first kappa shape index (κ1) is 34.7. The highest BCUT2D eigenvalue weighted by Gasteiger charge is 2.46. The fourth-order valence-corrected chi connectivity index (χ4v) is 8.86. The Balaban J connectivity index is 1.47. The summed E-state index contributed by atoms with van der Waals surface area (Å²) in [6.07, 6.45) is 7.39. The zero-order valence-electron chi connectivity index (χ0n) is 27.5. The number of amides is 2. The van der Waals surface area contributed by atoms with E-state index in [1.54, 1.807) is 32.2 Å². The van der Waals surface area contributed by atoms with Gasteiger partial charge in [-0.3, -0.25) is 9.59 Å². The Bertz CT molecular complexity index is 1700. The smallest absolute Gasteiger partial charge is 0.301 e. The Kier molecular flexibility index (Phi) is 9.85. The van der Waals surface area contributed by atoms with Crippen molar-refractivity contribution >= 4 is 39.3 Å². The number of nitrogens with zero attached hydrogens (tertiary/aromatic N) is 2. The van der Waals surface area contributed by atoms with E-state index in [1.165, 1.54) is 22.1 Å². The van der Waals surface area contributed by atoms with Crippen LogP contribution in [0.3, 0.4) is 0 Å². The molecule has 1 saturated carbocycles. The van der Waals surface area contributed by atoms with Crippen LogP contribution in [-0.4, -0.2) is 81.3 Å². The lowest BCUT2D eigenvalue weighted by Crippen LogP contribution is -2.52. The average molecular weight is 701 g/mol. The highest BCUT2D eigenvalue weighted by molar-refractivity contribution is 7.88. The van der Waals surface area contributed by atoms with Crippen molar-refractivity contribution in [2.45, 2.75) is 69.0 Å². The minimum absolute atomic E-state index is 0.0231. The van der Waals surface area contributed by atoms with Crippen LogP contribution in [0.15, 0.2) is 48.6 Å². The number of aliphatic hydroxyl groups is 2. The summed E-state index contributed by atoms with van der Waals surface area (Å²) in [6.45, 7) is 3.45. The van der Waals surface area contributed by atoms with Crippen molar-refractivity contribution in [3.63, 3.8) is 0 Å². The molecule has 2 aromatic carbocycles. The molecular formula is C35H45ClN4O7S. The van der Waals surface area contributed by atoms with Gasteiger partial charge in [0.15, 0.2) is 5.60 Å². The number of rotatable bonds is 4. The van der Waals surface area contributed by atoms with Gasteiger partial charge in [-0.2, -0.15) is 13.1 Å². The molecule has 4 N–H and O–H groups in total. The van der Waals surface area contributed by atoms with Crippen molar-refractivity contribution in [2.75, 3.05) is 44.7 Å². The number of aliphatic hydroxyl groups excluding tert-OH is 1. The van der Waals surface area contributed by atoms with Crippen LogP contribution in [-0.2, 0) is 37.2 Å². The first-order chi connectivity index (χ1) is 22.8. The van der Waals surface area contributed by atoms with Crippen molar-refractivity contribution in [3.8, 4) is 5.75 Å². The van der Waals surface area contributed by atoms with E-state index in [-0.39, 0.29) is 35.9 Å². The molecule has 0 aromatic heterocycles. The SMILES string of the molecule is CCNS(=O)(=O)NC(=O)[C@@]1(O)CC(=O)N(C)CC/C=C\[C@H](O)[C@@H]2CC[C@H]2CN2C[C@@]3(CCCc4cc(Cl)ccc43)COc3ccc1cc32. The molecule has 0 saturated heterocycles. The number of hydrogen-bond acceptors (Lipinski definition) is 8. The molecule has 6 rings (SSSR count). The number of fused-ring (bicyclic) bond motifs is 4. The summed E-state index contributed by atoms with van der Waals surface area (Å²) in [7, 11) is -2.74. The third-order valence-corrected chi connectivity index (χ3v) is 12.0. The van der Waals surface area contributed by atoms with Crippen LogP contribution in [0, 0.1) is 11.8 Å². The molecule has 260 valence electrons. The first-order valence-corrected chi connectivity index (χ1v) is 18.6. The lowest BCUT2D eigenvalue weighted by atomic mass is 9.68. The number of carbonyl (C=O) groups excluding carboxylic acids is 2. The maximum atomic E-state index is 13.7. The van der Waals surface area contributed by atoms with Gasteiger partial charge >= 0.3 is 10.2 Å². The number of nitrogens with one attached hydrogen (secondary N) is 2. The van der Waals surface area contributed by atoms with E-state index < -0.39 is 40.1 Å². The lowest BCUT2D eigenvalue weighted by Gasteiger charge is -2.45. The van der Waals surface area contributed by atoms with Crippen molar-refractivity contribution in [1.82, 2.24) is 14.3 Å². The van der Waals surface area contributed by atoms with E-state index in [1.807, 2.05) is 22.9 Å². The predicted molar refractivity (Wildman–Crippen MR) is 183 cm³/mol. The van der Waals surface area contributed by atoms with E-state index in [0.717, 1.165) is 32.1 Å². The van der Waals surface area contributed by atoms with Crippen LogP contribution >= 0.6 is 11.6 Å². The normalized spacial score (nSPS) is 29.9. The fourth-order valence-electron chi connectivity index (χ4n) is 7.80. The highest BCUT2D eigenvalue weighted by Crippen LogP contribution is 2.47. The quantitative estimate of drug-likeness (QED) is 0.356. The number of hydrogen-bond donors (Lipinski definition) is 4. The lowest BCUT2D eigenvalue weighted by molar-refractivity contribution is -0.148. The van der Waals surface area contributed by atoms with Crippen LogP contribution in [0.2, 0.25) is 5.02 Å². The monoisotopic (exact) mass is 700 g/mol. The number of benzene rings is 2. The zero-order valence-corrected chi connectivity index (χ0v) is 29.0. The summed E-state index contributed by atoms with van der Waals surface area (Å²) in [5, 5.41) is 24.0. The van der Waals surface area contributed by atoms with E-state index >= 15 is 0 Å². The third kappa shape index (κ3) is 6.82. The van der Waals surface area contributed by atoms with E-state index in [4.69, 9.17) is 16.3 Å². The van der Waals surface area contributed by atoms with Gasteiger partial charge in [-0.25, -0.2) is 4.72 Å². The molecule has 4 aliphatic rings. The average Bonchev–Trinajstić information content (AvgIpc) is 3.17. The van der Waals surface area contributed by atoms with Crippen molar-refractivity contribution in [2.24, 2.45) is 11.8 Å². The topological polar surface area (TPSA) is 149 Å². The molecular weight excluding hydrogens is 656 g/mol. The van der Waals surface area contributed by atoms with Gasteiger partial charge in [-0.15, -0.1) is 0 Å². The molecule has 2 aliphatic heterocycles. The molecule has 5 atom stereocenters. The van der Waals surface area contributed by atoms with Gasteiger partial charge in [0.25, 0.3) is 5.91 Å². The van der Waals surface area contributed by atoms with Gasteiger partial charge in [0.05, 0.1) is 24.8 Å². The van der Waals surface area contributed by atoms with Gasteiger partial charge < -0.3 is 24.7 Å². The summed E-state index contributed by atoms with van der Waals surface area (Å²) in [5.41, 5.74) is 0.192. The Morgan fingerprint density at radius 3 is 2.75 bits per heavy atom. The molecule has 0 unspecified atom stereocenters. The van der Waals surface area contributed by atoms with Gasteiger partial charge in [-0.1, -0.05) is 42.8 Å². The molecule has 1 spiro atoms. The highest BCUT2D eigenvalue weighted by atomic mass is 35.5. The summed E-state index contributed by atoms with van der Waals surface area (Å²) in [4.78, 5) is 30.8. The van der Waals surface area contributed by atoms with Crippen molar-refractivity contribution < 1.29 is 33.0 Å². The summed E-state index contributed by atoms with van der Waals surface area (Å²) in [5.74, 6) is -0.997. The molecule has 11 nitrogen and oxygen atoms in total. The molecule has 2 bridgehead atoms. The first-order valence-electron chi connectivity index (χ1n) is 16.8. The largest absolute Gasteiger partial charge is 0.490 e. The maximum absolute atomic E-state index is 13.7. The maximum Gasteiger partial charge on any atom is 0.301 e. The van der Waals surface area contributed by atoms with Crippen LogP contribution in [0.1, 0.15) is 62.1 Å². The van der Waals surface area contributed by atoms with Crippen LogP contribution in [0.4, 0.5) is 5.69 Å². The molecule has 2 heterocycles. The Labute approximate surface area is 287 Å². The number of anilines is 1. The Hall–Kier alpha value is -3.16. The third-order valence-electron chi connectivity index (χ3n) is 10.6. The van der Waals surface area contributed by atoms with E-state index in [0.29, 0.717) is 42.6 Å². The molecule has 2 amide bonds. The molecule has 2 aliphatic carbocycles. The number of halogens is 1. The minimum Gasteiger partial charge on any atom is -0.490 e. The second kappa shape index (κ2) is 13.6. The standard InChI is InChI=1S/C35H45ClN4O7S/c1-3-37-48(45,46)38-33(43)35(44)19-32(42)39(2)16-5-4-8-30(41)27-12-9-24(27)20-40-21-34(22-47-31-14-10-25(35)18-29(31)40)15-6-7-23-17-26(36)11-13-28(23)34/h4,8,10-11,13-14,17-18,24,27,30,37,41,44H,3,5-7,9,12,15-16,19-22H2,1-2H3,(H,38,43)/b8-4-/t24-,27+,30-,34-,35+/m0/s1. The van der Waals surface area contributed by atoms with E-state index in [2.05, 4.69) is 15.7 Å². The number of aryl methyl sites for hydroxylation is 1. The minimum atomic E-state index is -4.30. The van der Waals surface area contributed by atoms with Crippen LogP contribution in [0.25, 0.3) is 0 Å². The zero-order chi connectivity index (χ0) is 34.3. The van der Waals surface area contributed by atoms with Gasteiger partial charge in [0.2, 0.25) is 5.91 Å². The van der Waals surface area contributed by atoms with Gasteiger partial charge in [-0.05, 0) is 91.3 Å². The summed E-state index contributed by atoms with van der Waals surface area (Å²) >= 11 is 6.41. The second-order valence-electron chi connectivity index (χ2n) is 13.8. The van der Waals surface area contributed by atoms with Crippen molar-refractivity contribution in [1.29, 1.82) is 0 Å². The summed E-state index contributed by atoms with van der Waals surface area (Å²) in [6, 6.07) is 10.9. The van der Waals surface area contributed by atoms with Crippen LogP contribution < -0.4 is 19.1 Å². The molecule has 13 heteroatoms. The van der Waals surface area contributed by atoms with Crippen LogP contribution in [0.5, 0.6) is 5.75 Å².